The second-order valence-corrected chi connectivity index (χ2v) is 6.25. The van der Waals surface area contributed by atoms with Crippen LogP contribution in [0.5, 0.6) is 11.5 Å². The Bertz CT molecular complexity index is 868. The van der Waals surface area contributed by atoms with Crippen molar-refractivity contribution in [3.63, 3.8) is 0 Å². The molecule has 0 heterocycles. The third-order valence-corrected chi connectivity index (χ3v) is 4.18. The van der Waals surface area contributed by atoms with Gasteiger partial charge in [-0.3, -0.25) is 0 Å². The van der Waals surface area contributed by atoms with E-state index in [2.05, 4.69) is 0 Å². The van der Waals surface area contributed by atoms with Crippen LogP contribution in [0.2, 0.25) is 0 Å². The van der Waals surface area contributed by atoms with Crippen molar-refractivity contribution in [1.29, 1.82) is 5.26 Å². The van der Waals surface area contributed by atoms with Crippen LogP contribution in [0.3, 0.4) is 0 Å². The van der Waals surface area contributed by atoms with Gasteiger partial charge < -0.3 is 4.74 Å². The number of rotatable bonds is 3. The molecule has 2 aromatic carbocycles. The van der Waals surface area contributed by atoms with E-state index in [-0.39, 0.29) is 17.1 Å². The van der Waals surface area contributed by atoms with E-state index in [1.54, 1.807) is 6.07 Å². The van der Waals surface area contributed by atoms with Crippen molar-refractivity contribution in [3.05, 3.63) is 53.8 Å². The van der Waals surface area contributed by atoms with E-state index in [9.17, 15) is 26.0 Å². The fraction of sp³-hybridized carbons (Fsp3) is 0.0714. The summed E-state index contributed by atoms with van der Waals surface area (Å²) in [5.41, 5.74) is -5.41. The van der Waals surface area contributed by atoms with E-state index in [1.807, 2.05) is 0 Å². The van der Waals surface area contributed by atoms with Crippen molar-refractivity contribution in [2.45, 2.75) is 10.4 Å². The Labute approximate surface area is 128 Å². The maximum atomic E-state index is 13.2. The molecule has 0 spiro atoms. The average Bonchev–Trinajstić information content (AvgIpc) is 2.46. The Balaban J connectivity index is 2.28. The monoisotopic (exact) mass is 345 g/mol. The van der Waals surface area contributed by atoms with Crippen LogP contribution < -0.4 is 4.74 Å². The molecule has 0 aromatic heterocycles. The van der Waals surface area contributed by atoms with Crippen LogP contribution in [0.1, 0.15) is 5.56 Å². The summed E-state index contributed by atoms with van der Waals surface area (Å²) in [6, 6.07) is 8.33. The Kier molecular flexibility index (Phi) is 4.29. The lowest BCUT2D eigenvalue weighted by atomic mass is 10.2. The number of halogens is 4. The zero-order valence-electron chi connectivity index (χ0n) is 11.1. The molecule has 2 aromatic rings. The smallest absolute Gasteiger partial charge is 0.457 e. The third kappa shape index (κ3) is 3.60. The highest BCUT2D eigenvalue weighted by atomic mass is 32.2. The van der Waals surface area contributed by atoms with E-state index in [1.165, 1.54) is 6.07 Å². The third-order valence-electron chi connectivity index (χ3n) is 2.67. The fourth-order valence-corrected chi connectivity index (χ4v) is 2.40. The number of hydrogen-bond acceptors (Lipinski definition) is 4. The van der Waals surface area contributed by atoms with Gasteiger partial charge in [0.05, 0.1) is 16.5 Å². The van der Waals surface area contributed by atoms with Gasteiger partial charge in [0.15, 0.2) is 0 Å². The maximum absolute atomic E-state index is 13.2. The fourth-order valence-electron chi connectivity index (χ4n) is 1.64. The molecule has 4 nitrogen and oxygen atoms in total. The summed E-state index contributed by atoms with van der Waals surface area (Å²) in [7, 11) is -5.44. The molecule has 0 amide bonds. The van der Waals surface area contributed by atoms with Crippen LogP contribution in [0, 0.1) is 17.1 Å². The summed E-state index contributed by atoms with van der Waals surface area (Å²) in [5.74, 6) is -0.788. The first-order valence-electron chi connectivity index (χ1n) is 5.93. The summed E-state index contributed by atoms with van der Waals surface area (Å²) >= 11 is 0. The van der Waals surface area contributed by atoms with Crippen LogP contribution in [0.25, 0.3) is 0 Å². The first kappa shape index (κ1) is 16.8. The van der Waals surface area contributed by atoms with Crippen molar-refractivity contribution in [1.82, 2.24) is 0 Å². The highest BCUT2D eigenvalue weighted by Crippen LogP contribution is 2.32. The zero-order valence-corrected chi connectivity index (χ0v) is 12.0. The Morgan fingerprint density at radius 2 is 1.61 bits per heavy atom. The van der Waals surface area contributed by atoms with Gasteiger partial charge in [0.2, 0.25) is 0 Å². The van der Waals surface area contributed by atoms with Crippen LogP contribution in [0.4, 0.5) is 17.6 Å². The number of ether oxygens (including phenoxy) is 1. The molecule has 0 unspecified atom stereocenters. The first-order chi connectivity index (χ1) is 10.6. The highest BCUT2D eigenvalue weighted by molar-refractivity contribution is 7.92. The molecule has 0 saturated heterocycles. The molecule has 0 N–H and O–H groups in total. The number of sulfone groups is 1. The number of hydrogen-bond donors (Lipinski definition) is 0. The molecule has 0 aliphatic rings. The van der Waals surface area contributed by atoms with Gasteiger partial charge in [0.1, 0.15) is 17.3 Å². The maximum Gasteiger partial charge on any atom is 0.501 e. The summed E-state index contributed by atoms with van der Waals surface area (Å²) in [6.07, 6.45) is 0. The molecular formula is C14H7F4NO3S. The second kappa shape index (κ2) is 5.89. The van der Waals surface area contributed by atoms with E-state index in [4.69, 9.17) is 10.00 Å². The molecule has 23 heavy (non-hydrogen) atoms. The first-order valence-corrected chi connectivity index (χ1v) is 7.42. The standard InChI is InChI=1S/C14H7F4NO3S/c15-10-5-9(8-19)6-12(7-10)22-11-1-3-13(4-2-11)23(20,21)14(16,17)18/h1-7H. The molecule has 0 radical (unpaired) electrons. The molecule has 0 fully saturated rings. The summed E-state index contributed by atoms with van der Waals surface area (Å²) < 4.78 is 78.0. The van der Waals surface area contributed by atoms with Crippen LogP contribution >= 0.6 is 0 Å². The molecule has 120 valence electrons. The van der Waals surface area contributed by atoms with Crippen LogP contribution in [-0.4, -0.2) is 13.9 Å². The Morgan fingerprint density at radius 1 is 1.00 bits per heavy atom. The SMILES string of the molecule is N#Cc1cc(F)cc(Oc2ccc(S(=O)(=O)C(F)(F)F)cc2)c1. The van der Waals surface area contributed by atoms with E-state index >= 15 is 0 Å². The quantitative estimate of drug-likeness (QED) is 0.794. The minimum atomic E-state index is -5.44. The molecule has 0 saturated carbocycles. The summed E-state index contributed by atoms with van der Waals surface area (Å²) in [5, 5.41) is 8.71. The van der Waals surface area contributed by atoms with E-state index in [0.717, 1.165) is 36.4 Å². The van der Waals surface area contributed by atoms with E-state index < -0.39 is 26.1 Å². The molecule has 2 rings (SSSR count). The average molecular weight is 345 g/mol. The Hall–Kier alpha value is -2.60. The lowest BCUT2D eigenvalue weighted by Crippen LogP contribution is -2.23. The molecule has 9 heteroatoms. The predicted molar refractivity (Wildman–Crippen MR) is 70.9 cm³/mol. The van der Waals surface area contributed by atoms with Gasteiger partial charge in [-0.1, -0.05) is 0 Å². The van der Waals surface area contributed by atoms with Gasteiger partial charge in [-0.25, -0.2) is 12.8 Å². The number of alkyl halides is 3. The van der Waals surface area contributed by atoms with Gasteiger partial charge >= 0.3 is 5.51 Å². The largest absolute Gasteiger partial charge is 0.501 e. The van der Waals surface area contributed by atoms with Crippen LogP contribution in [0.15, 0.2) is 47.4 Å². The molecular weight excluding hydrogens is 338 g/mol. The number of nitriles is 1. The highest BCUT2D eigenvalue weighted by Gasteiger charge is 2.46. The lowest BCUT2D eigenvalue weighted by molar-refractivity contribution is -0.0436. The normalized spacial score (nSPS) is 11.8. The van der Waals surface area contributed by atoms with Gasteiger partial charge in [-0.05, 0) is 36.4 Å². The van der Waals surface area contributed by atoms with Crippen molar-refractivity contribution in [2.24, 2.45) is 0 Å². The number of nitrogens with zero attached hydrogens (tertiary/aromatic N) is 1. The summed E-state index contributed by atoms with van der Waals surface area (Å²) in [4.78, 5) is -0.936. The van der Waals surface area contributed by atoms with Crippen molar-refractivity contribution < 1.29 is 30.7 Å². The van der Waals surface area contributed by atoms with Crippen molar-refractivity contribution in [2.75, 3.05) is 0 Å². The molecule has 0 aliphatic heterocycles. The van der Waals surface area contributed by atoms with Gasteiger partial charge in [0.25, 0.3) is 9.84 Å². The lowest BCUT2D eigenvalue weighted by Gasteiger charge is -2.09. The minimum Gasteiger partial charge on any atom is -0.457 e. The molecule has 0 atom stereocenters. The van der Waals surface area contributed by atoms with Crippen molar-refractivity contribution >= 4 is 9.84 Å². The minimum absolute atomic E-state index is 0.00345. The number of benzene rings is 2. The van der Waals surface area contributed by atoms with Crippen LogP contribution in [-0.2, 0) is 9.84 Å². The second-order valence-electron chi connectivity index (χ2n) is 4.31. The predicted octanol–water partition coefficient (Wildman–Crippen LogP) is 3.78. The summed E-state index contributed by atoms with van der Waals surface area (Å²) in [6.45, 7) is 0. The van der Waals surface area contributed by atoms with E-state index in [0.29, 0.717) is 0 Å². The molecule has 0 bridgehead atoms. The molecule has 0 aliphatic carbocycles. The Morgan fingerprint density at radius 3 is 2.13 bits per heavy atom. The zero-order chi connectivity index (χ0) is 17.3. The van der Waals surface area contributed by atoms with Gasteiger partial charge in [-0.2, -0.15) is 18.4 Å². The van der Waals surface area contributed by atoms with Gasteiger partial charge in [-0.15, -0.1) is 0 Å². The van der Waals surface area contributed by atoms with Crippen molar-refractivity contribution in [3.8, 4) is 17.6 Å². The topological polar surface area (TPSA) is 67.2 Å². The van der Waals surface area contributed by atoms with Gasteiger partial charge in [0, 0.05) is 6.07 Å².